The topological polar surface area (TPSA) is 16.4 Å². The quantitative estimate of drug-likeness (QED) is 0.176. The molecule has 10 aromatic carbocycles. The lowest BCUT2D eigenvalue weighted by molar-refractivity contribution is 0.633. The number of fused-ring (bicyclic) bond motifs is 19. The standard InChI is InChI=1S/C62H39NO/c1-2-19-41(20-3-1)63(42-21-16-18-40(38-42)44-27-17-35-59-60(44)49-26-8-15-34-58(49)64-59)43-36-37-56-57(39-43)62(52-30-11-6-24-47(52)48-25-7-12-31-53(48)62)55-33-14-13-32-54(55)61(56)50-28-9-4-22-45(50)46-23-5-10-29-51(46)61/h1-39H. The molecular weight excluding hydrogens is 775 g/mol. The first-order valence-electron chi connectivity index (χ1n) is 22.3. The number of anilines is 3. The first-order chi connectivity index (χ1) is 31.8. The van der Waals surface area contributed by atoms with Crippen molar-refractivity contribution in [2.75, 3.05) is 4.90 Å². The van der Waals surface area contributed by atoms with Gasteiger partial charge in [0.05, 0.1) is 10.8 Å². The molecule has 0 radical (unpaired) electrons. The number of para-hydroxylation sites is 2. The summed E-state index contributed by atoms with van der Waals surface area (Å²) >= 11 is 0. The molecule has 0 saturated carbocycles. The molecule has 14 rings (SSSR count). The third-order valence-electron chi connectivity index (χ3n) is 14.5. The normalized spacial score (nSPS) is 14.2. The van der Waals surface area contributed by atoms with Crippen LogP contribution in [0.15, 0.2) is 241 Å². The molecule has 0 amide bonds. The number of nitrogens with zero attached hydrogens (tertiary/aromatic N) is 1. The summed E-state index contributed by atoms with van der Waals surface area (Å²) in [6.07, 6.45) is 0. The predicted molar refractivity (Wildman–Crippen MR) is 262 cm³/mol. The van der Waals surface area contributed by atoms with Gasteiger partial charge in [0.25, 0.3) is 0 Å². The van der Waals surface area contributed by atoms with Crippen molar-refractivity contribution in [2.24, 2.45) is 0 Å². The maximum atomic E-state index is 6.38. The summed E-state index contributed by atoms with van der Waals surface area (Å²) in [7, 11) is 0. The predicted octanol–water partition coefficient (Wildman–Crippen LogP) is 15.8. The largest absolute Gasteiger partial charge is 0.456 e. The Morgan fingerprint density at radius 1 is 0.281 bits per heavy atom. The molecule has 2 spiro atoms. The summed E-state index contributed by atoms with van der Waals surface area (Å²) in [5.41, 5.74) is 22.0. The highest BCUT2D eigenvalue weighted by Gasteiger charge is 2.59. The highest BCUT2D eigenvalue weighted by atomic mass is 16.3. The van der Waals surface area contributed by atoms with E-state index in [1.165, 1.54) is 66.8 Å². The van der Waals surface area contributed by atoms with Crippen molar-refractivity contribution in [1.29, 1.82) is 0 Å². The van der Waals surface area contributed by atoms with Crippen molar-refractivity contribution in [1.82, 2.24) is 0 Å². The zero-order valence-electron chi connectivity index (χ0n) is 34.9. The van der Waals surface area contributed by atoms with Crippen LogP contribution in [-0.4, -0.2) is 0 Å². The molecule has 0 bridgehead atoms. The van der Waals surface area contributed by atoms with Crippen LogP contribution in [-0.2, 0) is 10.8 Å². The van der Waals surface area contributed by atoms with Gasteiger partial charge in [0.1, 0.15) is 11.2 Å². The molecule has 0 atom stereocenters. The molecule has 11 aromatic rings. The Balaban J connectivity index is 1.08. The molecule has 1 aromatic heterocycles. The SMILES string of the molecule is c1ccc(N(c2cccc(-c3cccc4oc5ccccc5c34)c2)c2ccc3c(c2)C2(c4ccccc4-c4ccccc42)c2ccccc2C32c3ccccc3-c3ccccc32)cc1. The molecule has 0 unspecified atom stereocenters. The van der Waals surface area contributed by atoms with E-state index in [1.54, 1.807) is 0 Å². The second-order valence-electron chi connectivity index (χ2n) is 17.5. The fraction of sp³-hybridized carbons (Fsp3) is 0.0323. The number of furan rings is 1. The third-order valence-corrected chi connectivity index (χ3v) is 14.5. The van der Waals surface area contributed by atoms with Crippen LogP contribution in [0.25, 0.3) is 55.3 Å². The number of hydrogen-bond donors (Lipinski definition) is 0. The van der Waals surface area contributed by atoms with Gasteiger partial charge >= 0.3 is 0 Å². The van der Waals surface area contributed by atoms with Crippen molar-refractivity contribution in [3.63, 3.8) is 0 Å². The molecule has 64 heavy (non-hydrogen) atoms. The van der Waals surface area contributed by atoms with Crippen molar-refractivity contribution >= 4 is 39.0 Å². The molecule has 0 saturated heterocycles. The molecule has 0 aliphatic heterocycles. The van der Waals surface area contributed by atoms with Gasteiger partial charge in [-0.15, -0.1) is 0 Å². The van der Waals surface area contributed by atoms with Gasteiger partial charge in [0.15, 0.2) is 0 Å². The average Bonchev–Trinajstić information content (AvgIpc) is 4.00. The lowest BCUT2D eigenvalue weighted by atomic mass is 9.52. The van der Waals surface area contributed by atoms with E-state index in [2.05, 4.69) is 235 Å². The van der Waals surface area contributed by atoms with E-state index in [9.17, 15) is 0 Å². The maximum absolute atomic E-state index is 6.38. The summed E-state index contributed by atoms with van der Waals surface area (Å²) in [4.78, 5) is 2.45. The Bertz CT molecular complexity index is 3610. The van der Waals surface area contributed by atoms with Crippen molar-refractivity contribution < 1.29 is 4.42 Å². The third kappa shape index (κ3) is 4.49. The monoisotopic (exact) mass is 813 g/mol. The molecule has 0 N–H and O–H groups in total. The Morgan fingerprint density at radius 2 is 0.719 bits per heavy atom. The van der Waals surface area contributed by atoms with Crippen molar-refractivity contribution in [3.8, 4) is 33.4 Å². The molecule has 2 nitrogen and oxygen atoms in total. The van der Waals surface area contributed by atoms with Crippen LogP contribution in [0, 0.1) is 0 Å². The van der Waals surface area contributed by atoms with Crippen LogP contribution in [0.1, 0.15) is 44.5 Å². The lowest BCUT2D eigenvalue weighted by Crippen LogP contribution is -2.43. The first-order valence-corrected chi connectivity index (χ1v) is 22.3. The lowest BCUT2D eigenvalue weighted by Gasteiger charge is -2.49. The summed E-state index contributed by atoms with van der Waals surface area (Å²) < 4.78 is 6.38. The first kappa shape index (κ1) is 35.4. The van der Waals surface area contributed by atoms with Crippen LogP contribution in [0.4, 0.5) is 17.1 Å². The summed E-state index contributed by atoms with van der Waals surface area (Å²) in [5.74, 6) is 0. The molecule has 2 heteroatoms. The maximum Gasteiger partial charge on any atom is 0.136 e. The van der Waals surface area contributed by atoms with Gasteiger partial charge in [-0.25, -0.2) is 0 Å². The van der Waals surface area contributed by atoms with Crippen molar-refractivity contribution in [3.05, 3.63) is 281 Å². The van der Waals surface area contributed by atoms with Crippen LogP contribution < -0.4 is 4.90 Å². The highest BCUT2D eigenvalue weighted by Crippen LogP contribution is 2.67. The van der Waals surface area contributed by atoms with E-state index in [-0.39, 0.29) is 0 Å². The van der Waals surface area contributed by atoms with Crippen LogP contribution in [0.2, 0.25) is 0 Å². The Labute approximate surface area is 372 Å². The molecular formula is C62H39NO. The molecule has 3 aliphatic rings. The zero-order chi connectivity index (χ0) is 42.0. The van der Waals surface area contributed by atoms with Gasteiger partial charge in [0, 0.05) is 27.8 Å². The van der Waals surface area contributed by atoms with Crippen LogP contribution >= 0.6 is 0 Å². The van der Waals surface area contributed by atoms with E-state index in [4.69, 9.17) is 4.42 Å². The highest BCUT2D eigenvalue weighted by molar-refractivity contribution is 6.12. The van der Waals surface area contributed by atoms with Crippen LogP contribution in [0.3, 0.4) is 0 Å². The van der Waals surface area contributed by atoms with Gasteiger partial charge in [0.2, 0.25) is 0 Å². The van der Waals surface area contributed by atoms with Gasteiger partial charge in [-0.1, -0.05) is 188 Å². The second-order valence-corrected chi connectivity index (χ2v) is 17.5. The molecule has 0 fully saturated rings. The van der Waals surface area contributed by atoms with Gasteiger partial charge in [-0.3, -0.25) is 0 Å². The van der Waals surface area contributed by atoms with Crippen molar-refractivity contribution in [2.45, 2.75) is 10.8 Å². The number of rotatable bonds is 4. The van der Waals surface area contributed by atoms with E-state index < -0.39 is 10.8 Å². The number of hydrogen-bond acceptors (Lipinski definition) is 2. The number of benzene rings is 10. The fourth-order valence-corrected chi connectivity index (χ4v) is 12.2. The Kier molecular flexibility index (Phi) is 7.28. The Morgan fingerprint density at radius 3 is 1.34 bits per heavy atom. The van der Waals surface area contributed by atoms with E-state index in [0.717, 1.165) is 50.1 Å². The minimum atomic E-state index is -0.588. The minimum Gasteiger partial charge on any atom is -0.456 e. The summed E-state index contributed by atoms with van der Waals surface area (Å²) in [6, 6.07) is 87.9. The van der Waals surface area contributed by atoms with E-state index >= 15 is 0 Å². The molecule has 1 heterocycles. The zero-order valence-corrected chi connectivity index (χ0v) is 34.9. The van der Waals surface area contributed by atoms with Gasteiger partial charge in [-0.05, 0) is 126 Å². The van der Waals surface area contributed by atoms with E-state index in [1.807, 2.05) is 6.07 Å². The molecule has 3 aliphatic carbocycles. The van der Waals surface area contributed by atoms with Crippen LogP contribution in [0.5, 0.6) is 0 Å². The van der Waals surface area contributed by atoms with E-state index in [0.29, 0.717) is 0 Å². The summed E-state index contributed by atoms with van der Waals surface area (Å²) in [5, 5.41) is 2.26. The fourth-order valence-electron chi connectivity index (χ4n) is 12.2. The average molecular weight is 814 g/mol. The second kappa shape index (κ2) is 13.2. The van der Waals surface area contributed by atoms with Gasteiger partial charge < -0.3 is 9.32 Å². The smallest absolute Gasteiger partial charge is 0.136 e. The minimum absolute atomic E-state index is 0.543. The van der Waals surface area contributed by atoms with Gasteiger partial charge in [-0.2, -0.15) is 0 Å². The Hall–Kier alpha value is -8.20. The molecule has 298 valence electrons. The summed E-state index contributed by atoms with van der Waals surface area (Å²) in [6.45, 7) is 0.